The summed E-state index contributed by atoms with van der Waals surface area (Å²) >= 11 is 0. The fraction of sp³-hybridized carbons (Fsp3) is 0.600. The van der Waals surface area contributed by atoms with E-state index in [1.807, 2.05) is 6.92 Å². The van der Waals surface area contributed by atoms with Gasteiger partial charge in [-0.25, -0.2) is 0 Å². The van der Waals surface area contributed by atoms with Crippen LogP contribution in [0.5, 0.6) is 0 Å². The minimum absolute atomic E-state index is 0.154. The molecule has 2 rings (SSSR count). The SMILES string of the molecule is Cc1nnc(C(C)(C)C)c2c1C2. The lowest BCUT2D eigenvalue weighted by Crippen LogP contribution is -2.14. The Morgan fingerprint density at radius 2 is 1.75 bits per heavy atom. The first-order valence-corrected chi connectivity index (χ1v) is 4.35. The van der Waals surface area contributed by atoms with Crippen molar-refractivity contribution >= 4 is 0 Å². The smallest absolute Gasteiger partial charge is 0.0722 e. The van der Waals surface area contributed by atoms with Crippen LogP contribution in [0.4, 0.5) is 0 Å². The minimum Gasteiger partial charge on any atom is -0.155 e. The fourth-order valence-electron chi connectivity index (χ4n) is 1.55. The second kappa shape index (κ2) is 2.06. The summed E-state index contributed by atoms with van der Waals surface area (Å²) in [5.41, 5.74) is 5.31. The van der Waals surface area contributed by atoms with Gasteiger partial charge in [0.15, 0.2) is 0 Å². The molecule has 1 aliphatic carbocycles. The molecule has 2 heteroatoms. The van der Waals surface area contributed by atoms with E-state index in [2.05, 4.69) is 31.0 Å². The molecule has 1 aliphatic rings. The second-order valence-electron chi connectivity index (χ2n) is 4.52. The van der Waals surface area contributed by atoms with Crippen LogP contribution in [0.2, 0.25) is 0 Å². The molecule has 12 heavy (non-hydrogen) atoms. The van der Waals surface area contributed by atoms with Gasteiger partial charge < -0.3 is 0 Å². The van der Waals surface area contributed by atoms with E-state index in [0.717, 1.165) is 12.1 Å². The van der Waals surface area contributed by atoms with Crippen molar-refractivity contribution in [3.63, 3.8) is 0 Å². The number of hydrogen-bond donors (Lipinski definition) is 0. The van der Waals surface area contributed by atoms with E-state index < -0.39 is 0 Å². The van der Waals surface area contributed by atoms with E-state index in [0.29, 0.717) is 0 Å². The van der Waals surface area contributed by atoms with Crippen LogP contribution in [-0.4, -0.2) is 10.2 Å². The van der Waals surface area contributed by atoms with Gasteiger partial charge in [0.2, 0.25) is 0 Å². The van der Waals surface area contributed by atoms with Crippen molar-refractivity contribution in [1.82, 2.24) is 10.2 Å². The highest BCUT2D eigenvalue weighted by Gasteiger charge is 2.31. The Morgan fingerprint density at radius 3 is 2.33 bits per heavy atom. The lowest BCUT2D eigenvalue weighted by atomic mass is 9.91. The molecule has 0 aromatic carbocycles. The third-order valence-corrected chi connectivity index (χ3v) is 2.33. The first-order valence-electron chi connectivity index (χ1n) is 4.35. The Kier molecular flexibility index (Phi) is 1.33. The van der Waals surface area contributed by atoms with E-state index in [-0.39, 0.29) is 5.41 Å². The highest BCUT2D eigenvalue weighted by molar-refractivity contribution is 5.51. The molecule has 1 aromatic heterocycles. The number of nitrogens with zero attached hydrogens (tertiary/aromatic N) is 2. The third kappa shape index (κ3) is 1.02. The van der Waals surface area contributed by atoms with Crippen LogP contribution in [0.15, 0.2) is 0 Å². The molecule has 0 atom stereocenters. The predicted octanol–water partition coefficient (Wildman–Crippen LogP) is 1.99. The summed E-state index contributed by atoms with van der Waals surface area (Å²) in [4.78, 5) is 0. The summed E-state index contributed by atoms with van der Waals surface area (Å²) < 4.78 is 0. The van der Waals surface area contributed by atoms with E-state index in [1.165, 1.54) is 16.8 Å². The zero-order valence-corrected chi connectivity index (χ0v) is 8.10. The van der Waals surface area contributed by atoms with Gasteiger partial charge in [0, 0.05) is 11.8 Å². The van der Waals surface area contributed by atoms with Gasteiger partial charge in [-0.2, -0.15) is 10.2 Å². The van der Waals surface area contributed by atoms with Crippen LogP contribution >= 0.6 is 0 Å². The normalized spacial score (nSPS) is 14.3. The Labute approximate surface area is 73.0 Å². The van der Waals surface area contributed by atoms with Crippen molar-refractivity contribution in [2.45, 2.75) is 39.5 Å². The first kappa shape index (κ1) is 7.71. The van der Waals surface area contributed by atoms with Crippen LogP contribution in [0.3, 0.4) is 0 Å². The van der Waals surface area contributed by atoms with E-state index >= 15 is 0 Å². The lowest BCUT2D eigenvalue weighted by molar-refractivity contribution is 0.557. The predicted molar refractivity (Wildman–Crippen MR) is 48.3 cm³/mol. The molecule has 0 bridgehead atoms. The first-order chi connectivity index (χ1) is 5.50. The van der Waals surface area contributed by atoms with E-state index in [4.69, 9.17) is 0 Å². The molecule has 0 spiro atoms. The number of aryl methyl sites for hydroxylation is 1. The van der Waals surface area contributed by atoms with Crippen molar-refractivity contribution in [3.8, 4) is 0 Å². The zero-order valence-electron chi connectivity index (χ0n) is 8.10. The molecule has 0 radical (unpaired) electrons. The van der Waals surface area contributed by atoms with Gasteiger partial charge in [-0.1, -0.05) is 20.8 Å². The van der Waals surface area contributed by atoms with Gasteiger partial charge in [-0.05, 0) is 18.1 Å². The topological polar surface area (TPSA) is 25.8 Å². The summed E-state index contributed by atoms with van der Waals surface area (Å²) in [6.07, 6.45) is 1.12. The molecule has 2 nitrogen and oxygen atoms in total. The number of aromatic nitrogens is 2. The quantitative estimate of drug-likeness (QED) is 0.592. The Bertz CT molecular complexity index is 334. The number of rotatable bonds is 0. The summed E-state index contributed by atoms with van der Waals surface area (Å²) in [7, 11) is 0. The molecule has 0 aliphatic heterocycles. The monoisotopic (exact) mass is 162 g/mol. The molecular formula is C10H14N2. The molecule has 0 N–H and O–H groups in total. The standard InChI is InChI=1S/C10H14N2/c1-6-7-5-8(7)9(12-11-6)10(2,3)4/h5H2,1-4H3. The van der Waals surface area contributed by atoms with Gasteiger partial charge in [-0.3, -0.25) is 0 Å². The molecule has 0 fully saturated rings. The fourth-order valence-corrected chi connectivity index (χ4v) is 1.55. The van der Waals surface area contributed by atoms with Gasteiger partial charge >= 0.3 is 0 Å². The van der Waals surface area contributed by atoms with Crippen LogP contribution < -0.4 is 0 Å². The molecule has 0 saturated carbocycles. The average molecular weight is 162 g/mol. The van der Waals surface area contributed by atoms with Gasteiger partial charge in [-0.15, -0.1) is 0 Å². The molecule has 0 saturated heterocycles. The highest BCUT2D eigenvalue weighted by Crippen LogP contribution is 2.37. The Hall–Kier alpha value is -0.920. The largest absolute Gasteiger partial charge is 0.155 e. The highest BCUT2D eigenvalue weighted by atomic mass is 15.1. The van der Waals surface area contributed by atoms with Crippen molar-refractivity contribution in [1.29, 1.82) is 0 Å². The number of fused-ring (bicyclic) bond motifs is 1. The summed E-state index contributed by atoms with van der Waals surface area (Å²) in [6.45, 7) is 8.59. The van der Waals surface area contributed by atoms with Gasteiger partial charge in [0.1, 0.15) is 0 Å². The maximum absolute atomic E-state index is 4.25. The lowest BCUT2D eigenvalue weighted by Gasteiger charge is -2.16. The maximum Gasteiger partial charge on any atom is 0.0722 e. The molecule has 1 aromatic rings. The minimum atomic E-state index is 0.154. The van der Waals surface area contributed by atoms with E-state index in [1.54, 1.807) is 0 Å². The van der Waals surface area contributed by atoms with Crippen molar-refractivity contribution in [3.05, 3.63) is 22.5 Å². The van der Waals surface area contributed by atoms with Crippen LogP contribution in [-0.2, 0) is 11.8 Å². The van der Waals surface area contributed by atoms with Crippen molar-refractivity contribution in [2.24, 2.45) is 0 Å². The average Bonchev–Trinajstić information content (AvgIpc) is 2.64. The van der Waals surface area contributed by atoms with Crippen LogP contribution in [0.1, 0.15) is 43.3 Å². The maximum atomic E-state index is 4.25. The molecule has 1 heterocycles. The zero-order chi connectivity index (χ0) is 8.93. The third-order valence-electron chi connectivity index (χ3n) is 2.33. The molecule has 0 amide bonds. The van der Waals surface area contributed by atoms with Gasteiger partial charge in [0.25, 0.3) is 0 Å². The Morgan fingerprint density at radius 1 is 1.08 bits per heavy atom. The summed E-state index contributed by atoms with van der Waals surface area (Å²) in [5.74, 6) is 0. The Balaban J connectivity index is 2.52. The van der Waals surface area contributed by atoms with Crippen molar-refractivity contribution < 1.29 is 0 Å². The van der Waals surface area contributed by atoms with Gasteiger partial charge in [0.05, 0.1) is 11.4 Å². The molecule has 0 unspecified atom stereocenters. The van der Waals surface area contributed by atoms with Crippen LogP contribution in [0.25, 0.3) is 0 Å². The van der Waals surface area contributed by atoms with Crippen LogP contribution in [0, 0.1) is 6.92 Å². The molecular weight excluding hydrogens is 148 g/mol. The summed E-state index contributed by atoms with van der Waals surface area (Å²) in [6, 6.07) is 0. The van der Waals surface area contributed by atoms with Crippen molar-refractivity contribution in [2.75, 3.05) is 0 Å². The second-order valence-corrected chi connectivity index (χ2v) is 4.52. The molecule has 64 valence electrons. The van der Waals surface area contributed by atoms with E-state index in [9.17, 15) is 0 Å². The number of hydrogen-bond acceptors (Lipinski definition) is 2. The summed E-state index contributed by atoms with van der Waals surface area (Å²) in [5, 5.41) is 8.40.